The lowest BCUT2D eigenvalue weighted by Crippen LogP contribution is -2.48. The Morgan fingerprint density at radius 3 is 2.61 bits per heavy atom. The maximum Gasteiger partial charge on any atom is 0.283 e. The third-order valence-electron chi connectivity index (χ3n) is 3.78. The van der Waals surface area contributed by atoms with E-state index in [0.717, 1.165) is 11.0 Å². The Labute approximate surface area is 132 Å². The summed E-state index contributed by atoms with van der Waals surface area (Å²) in [5, 5.41) is 0. The van der Waals surface area contributed by atoms with Gasteiger partial charge in [0.25, 0.3) is 5.91 Å². The highest BCUT2D eigenvalue weighted by Crippen LogP contribution is 2.33. The van der Waals surface area contributed by atoms with E-state index in [0.29, 0.717) is 11.5 Å². The normalized spacial score (nSPS) is 19.5. The highest BCUT2D eigenvalue weighted by Gasteiger charge is 2.34. The minimum Gasteiger partial charge on any atom is -0.482 e. The lowest BCUT2D eigenvalue weighted by Gasteiger charge is -2.31. The molecule has 0 radical (unpaired) electrons. The van der Waals surface area contributed by atoms with Gasteiger partial charge >= 0.3 is 0 Å². The first-order valence-corrected chi connectivity index (χ1v) is 7.38. The van der Waals surface area contributed by atoms with Gasteiger partial charge in [-0.05, 0) is 31.2 Å². The Morgan fingerprint density at radius 1 is 1.09 bits per heavy atom. The fourth-order valence-corrected chi connectivity index (χ4v) is 2.64. The summed E-state index contributed by atoms with van der Waals surface area (Å²) in [6.45, 7) is 1.81. The second-order valence-corrected chi connectivity index (χ2v) is 5.39. The van der Waals surface area contributed by atoms with Crippen molar-refractivity contribution < 1.29 is 14.3 Å². The van der Waals surface area contributed by atoms with Crippen molar-refractivity contribution >= 4 is 16.9 Å². The van der Waals surface area contributed by atoms with E-state index in [1.54, 1.807) is 17.1 Å². The molecule has 1 aromatic heterocycles. The maximum atomic E-state index is 12.6. The molecule has 1 N–H and O–H groups in total. The van der Waals surface area contributed by atoms with Gasteiger partial charge in [-0.15, -0.1) is 0 Å². The summed E-state index contributed by atoms with van der Waals surface area (Å²) >= 11 is 0. The second-order valence-electron chi connectivity index (χ2n) is 5.39. The van der Waals surface area contributed by atoms with Crippen LogP contribution in [-0.4, -0.2) is 27.8 Å². The Hall–Kier alpha value is -3.02. The Morgan fingerprint density at radius 2 is 1.78 bits per heavy atom. The van der Waals surface area contributed by atoms with Crippen molar-refractivity contribution in [1.82, 2.24) is 9.66 Å². The molecular formula is C17H15N3O3. The number of hydrogen-bond acceptors (Lipinski definition) is 4. The van der Waals surface area contributed by atoms with Crippen LogP contribution in [0, 0.1) is 0 Å². The van der Waals surface area contributed by atoms with E-state index in [4.69, 9.17) is 9.47 Å². The quantitative estimate of drug-likeness (QED) is 0.789. The number of hydrogen-bond donors (Lipinski definition) is 1. The van der Waals surface area contributed by atoms with Gasteiger partial charge in [-0.1, -0.05) is 24.3 Å². The zero-order valence-corrected chi connectivity index (χ0v) is 12.5. The molecule has 2 atom stereocenters. The van der Waals surface area contributed by atoms with Gasteiger partial charge in [0.1, 0.15) is 12.4 Å². The van der Waals surface area contributed by atoms with Gasteiger partial charge in [-0.25, -0.2) is 9.66 Å². The van der Waals surface area contributed by atoms with Gasteiger partial charge in [0.05, 0.1) is 11.0 Å². The number of para-hydroxylation sites is 4. The van der Waals surface area contributed by atoms with Crippen molar-refractivity contribution in [3.8, 4) is 11.5 Å². The van der Waals surface area contributed by atoms with Crippen LogP contribution in [0.15, 0.2) is 54.9 Å². The zero-order valence-electron chi connectivity index (χ0n) is 12.5. The van der Waals surface area contributed by atoms with E-state index in [-0.39, 0.29) is 12.0 Å². The van der Waals surface area contributed by atoms with Crippen LogP contribution in [0.25, 0.3) is 11.0 Å². The number of ether oxygens (including phenoxy) is 2. The summed E-state index contributed by atoms with van der Waals surface area (Å²) in [6, 6.07) is 14.9. The zero-order chi connectivity index (χ0) is 15.8. The number of amides is 1. The van der Waals surface area contributed by atoms with Crippen LogP contribution in [0.5, 0.6) is 11.5 Å². The van der Waals surface area contributed by atoms with Crippen LogP contribution >= 0.6 is 0 Å². The van der Waals surface area contributed by atoms with E-state index in [1.807, 2.05) is 49.4 Å². The van der Waals surface area contributed by atoms with Crippen molar-refractivity contribution in [3.63, 3.8) is 0 Å². The van der Waals surface area contributed by atoms with E-state index < -0.39 is 6.10 Å². The van der Waals surface area contributed by atoms with E-state index in [1.165, 1.54) is 0 Å². The molecule has 4 rings (SSSR count). The van der Waals surface area contributed by atoms with E-state index in [9.17, 15) is 4.79 Å². The van der Waals surface area contributed by atoms with Gasteiger partial charge in [0.2, 0.25) is 6.10 Å². The topological polar surface area (TPSA) is 65.4 Å². The molecule has 0 spiro atoms. The highest BCUT2D eigenvalue weighted by atomic mass is 16.6. The first kappa shape index (κ1) is 13.6. The summed E-state index contributed by atoms with van der Waals surface area (Å²) in [5.74, 6) is 0.938. The fraction of sp³-hybridized carbons (Fsp3) is 0.176. The monoisotopic (exact) mass is 309 g/mol. The molecule has 23 heavy (non-hydrogen) atoms. The summed E-state index contributed by atoms with van der Waals surface area (Å²) in [5.41, 5.74) is 4.44. The summed E-state index contributed by atoms with van der Waals surface area (Å²) < 4.78 is 13.1. The van der Waals surface area contributed by atoms with Crippen molar-refractivity contribution in [3.05, 3.63) is 54.9 Å². The SMILES string of the molecule is C[C@H]1Oc2ccccc2O[C@H]1C(=O)Nn1cnc2ccccc21. The summed E-state index contributed by atoms with van der Waals surface area (Å²) in [6.07, 6.45) is 0.455. The third kappa shape index (κ3) is 2.38. The van der Waals surface area contributed by atoms with Gasteiger partial charge in [0.15, 0.2) is 11.5 Å². The van der Waals surface area contributed by atoms with Crippen LogP contribution < -0.4 is 14.9 Å². The first-order chi connectivity index (χ1) is 11.2. The number of rotatable bonds is 2. The molecule has 0 bridgehead atoms. The molecule has 6 heteroatoms. The van der Waals surface area contributed by atoms with E-state index in [2.05, 4.69) is 10.4 Å². The lowest BCUT2D eigenvalue weighted by molar-refractivity contribution is -0.128. The maximum absolute atomic E-state index is 12.6. The highest BCUT2D eigenvalue weighted by molar-refractivity contribution is 5.90. The Balaban J connectivity index is 1.58. The van der Waals surface area contributed by atoms with Crippen molar-refractivity contribution in [2.45, 2.75) is 19.1 Å². The molecule has 0 unspecified atom stereocenters. The standard InChI is InChI=1S/C17H15N3O3/c1-11-16(23-15-9-5-4-8-14(15)22-11)17(21)19-20-10-18-12-6-2-3-7-13(12)20/h2-11,16H,1H3,(H,19,21)/t11-,16-/m1/s1. The van der Waals surface area contributed by atoms with Crippen LogP contribution in [0.3, 0.4) is 0 Å². The predicted octanol–water partition coefficient (Wildman–Crippen LogP) is 2.33. The molecule has 3 aromatic rings. The molecule has 0 aliphatic carbocycles. The lowest BCUT2D eigenvalue weighted by atomic mass is 10.1. The molecule has 2 aromatic carbocycles. The van der Waals surface area contributed by atoms with Crippen LogP contribution in [0.4, 0.5) is 0 Å². The van der Waals surface area contributed by atoms with Gasteiger partial charge in [-0.2, -0.15) is 0 Å². The fourth-order valence-electron chi connectivity index (χ4n) is 2.64. The smallest absolute Gasteiger partial charge is 0.283 e. The number of carbonyl (C=O) groups is 1. The molecular weight excluding hydrogens is 294 g/mol. The first-order valence-electron chi connectivity index (χ1n) is 7.38. The van der Waals surface area contributed by atoms with Crippen LogP contribution in [-0.2, 0) is 4.79 Å². The van der Waals surface area contributed by atoms with Gasteiger partial charge < -0.3 is 9.47 Å². The number of aromatic nitrogens is 2. The molecule has 0 saturated heterocycles. The minimum atomic E-state index is -0.730. The largest absolute Gasteiger partial charge is 0.482 e. The van der Waals surface area contributed by atoms with Crippen molar-refractivity contribution in [2.24, 2.45) is 0 Å². The number of nitrogens with one attached hydrogen (secondary N) is 1. The number of carbonyl (C=O) groups excluding carboxylic acids is 1. The molecule has 1 aliphatic heterocycles. The molecule has 0 fully saturated rings. The molecule has 1 aliphatic rings. The Bertz CT molecular complexity index is 874. The molecule has 0 saturated carbocycles. The average Bonchev–Trinajstić information content (AvgIpc) is 2.97. The van der Waals surface area contributed by atoms with Crippen LogP contribution in [0.2, 0.25) is 0 Å². The molecule has 6 nitrogen and oxygen atoms in total. The number of fused-ring (bicyclic) bond motifs is 2. The summed E-state index contributed by atoms with van der Waals surface area (Å²) in [4.78, 5) is 16.8. The number of benzene rings is 2. The predicted molar refractivity (Wildman–Crippen MR) is 85.0 cm³/mol. The third-order valence-corrected chi connectivity index (χ3v) is 3.78. The number of imidazole rings is 1. The average molecular weight is 309 g/mol. The molecule has 1 amide bonds. The van der Waals surface area contributed by atoms with Crippen molar-refractivity contribution in [1.29, 1.82) is 0 Å². The van der Waals surface area contributed by atoms with Crippen molar-refractivity contribution in [2.75, 3.05) is 5.43 Å². The number of nitrogens with zero attached hydrogens (tertiary/aromatic N) is 2. The second kappa shape index (κ2) is 5.31. The molecule has 116 valence electrons. The Kier molecular flexibility index (Phi) is 3.15. The van der Waals surface area contributed by atoms with Gasteiger partial charge in [-0.3, -0.25) is 10.2 Å². The minimum absolute atomic E-state index is 0.282. The van der Waals surface area contributed by atoms with Crippen LogP contribution in [0.1, 0.15) is 6.92 Å². The van der Waals surface area contributed by atoms with Gasteiger partial charge in [0, 0.05) is 0 Å². The molecule has 2 heterocycles. The summed E-state index contributed by atoms with van der Waals surface area (Å²) in [7, 11) is 0. The van der Waals surface area contributed by atoms with E-state index >= 15 is 0 Å².